The third-order valence-corrected chi connectivity index (χ3v) is 4.14. The van der Waals surface area contributed by atoms with Crippen molar-refractivity contribution < 1.29 is 14.1 Å². The van der Waals surface area contributed by atoms with Gasteiger partial charge in [-0.1, -0.05) is 5.16 Å². The highest BCUT2D eigenvalue weighted by atomic mass is 32.2. The summed E-state index contributed by atoms with van der Waals surface area (Å²) < 4.78 is 5.08. The Morgan fingerprint density at radius 1 is 1.45 bits per heavy atom. The zero-order valence-corrected chi connectivity index (χ0v) is 12.8. The number of nitrogens with one attached hydrogen (secondary N) is 1. The summed E-state index contributed by atoms with van der Waals surface area (Å²) in [5, 5.41) is 6.42. The number of imide groups is 1. The largest absolute Gasteiger partial charge is 0.338 e. The number of urea groups is 1. The van der Waals surface area contributed by atoms with Gasteiger partial charge in [0, 0.05) is 12.3 Å². The first-order chi connectivity index (χ1) is 9.31. The number of nitrogens with zero attached hydrogens (tertiary/aromatic N) is 3. The lowest BCUT2D eigenvalue weighted by Gasteiger charge is -2.16. The summed E-state index contributed by atoms with van der Waals surface area (Å²) in [6, 6.07) is -0.332. The Kier molecular flexibility index (Phi) is 4.03. The van der Waals surface area contributed by atoms with E-state index in [1.807, 2.05) is 6.92 Å². The highest BCUT2D eigenvalue weighted by molar-refractivity contribution is 7.99. The molecule has 110 valence electrons. The molecule has 1 N–H and O–H groups in total. The third kappa shape index (κ3) is 2.95. The molecule has 7 nitrogen and oxygen atoms in total. The first-order valence-electron chi connectivity index (χ1n) is 6.37. The van der Waals surface area contributed by atoms with Crippen LogP contribution in [0.15, 0.2) is 4.52 Å². The number of rotatable bonds is 5. The zero-order chi connectivity index (χ0) is 14.9. The van der Waals surface area contributed by atoms with Gasteiger partial charge in [-0.2, -0.15) is 4.98 Å². The van der Waals surface area contributed by atoms with Crippen molar-refractivity contribution in [2.75, 3.05) is 12.3 Å². The van der Waals surface area contributed by atoms with Gasteiger partial charge in [0.15, 0.2) is 5.82 Å². The summed E-state index contributed by atoms with van der Waals surface area (Å²) in [5.41, 5.74) is -0.809. The molecule has 1 aliphatic heterocycles. The van der Waals surface area contributed by atoms with Crippen LogP contribution in [0.25, 0.3) is 0 Å². The highest BCUT2D eigenvalue weighted by Crippen LogP contribution is 2.27. The number of hydrogen-bond donors (Lipinski definition) is 1. The molecule has 1 aliphatic rings. The molecule has 0 radical (unpaired) electrons. The molecule has 0 unspecified atom stereocenters. The van der Waals surface area contributed by atoms with Gasteiger partial charge in [0.05, 0.1) is 5.25 Å². The molecule has 8 heteroatoms. The Balaban J connectivity index is 1.84. The van der Waals surface area contributed by atoms with Crippen LogP contribution in [-0.4, -0.2) is 44.8 Å². The zero-order valence-electron chi connectivity index (χ0n) is 12.0. The number of amides is 3. The molecule has 1 aromatic rings. The maximum Gasteiger partial charge on any atom is 0.325 e. The van der Waals surface area contributed by atoms with Crippen molar-refractivity contribution in [3.8, 4) is 0 Å². The van der Waals surface area contributed by atoms with Crippen LogP contribution >= 0.6 is 11.8 Å². The molecule has 1 aromatic heterocycles. The maximum absolute atomic E-state index is 12.0. The van der Waals surface area contributed by atoms with Gasteiger partial charge in [0.25, 0.3) is 5.91 Å². The lowest BCUT2D eigenvalue weighted by Crippen LogP contribution is -2.40. The van der Waals surface area contributed by atoms with Crippen LogP contribution in [0.2, 0.25) is 0 Å². The monoisotopic (exact) mass is 298 g/mol. The van der Waals surface area contributed by atoms with Gasteiger partial charge >= 0.3 is 6.03 Å². The van der Waals surface area contributed by atoms with Crippen molar-refractivity contribution >= 4 is 23.7 Å². The average Bonchev–Trinajstić information content (AvgIpc) is 2.86. The molecular formula is C12H18N4O3S. The standard InChI is InChI=1S/C12H18N4O3S/c1-7(9-13-8(2)15-19-9)20-6-5-16-10(17)12(3,4)14-11(16)18/h7H,5-6H2,1-4H3,(H,14,18)/t7-/m0/s1. The predicted molar refractivity (Wildman–Crippen MR) is 74.2 cm³/mol. The molecular weight excluding hydrogens is 280 g/mol. The molecule has 2 heterocycles. The van der Waals surface area contributed by atoms with E-state index in [9.17, 15) is 9.59 Å². The van der Waals surface area contributed by atoms with Crippen LogP contribution < -0.4 is 5.32 Å². The van der Waals surface area contributed by atoms with Crippen LogP contribution in [0.1, 0.15) is 37.7 Å². The average molecular weight is 298 g/mol. The number of hydrogen-bond acceptors (Lipinski definition) is 6. The smallest absolute Gasteiger partial charge is 0.325 e. The van der Waals surface area contributed by atoms with Crippen LogP contribution in [0.3, 0.4) is 0 Å². The third-order valence-electron chi connectivity index (χ3n) is 3.02. The second-order valence-corrected chi connectivity index (χ2v) is 6.65. The molecule has 0 aliphatic carbocycles. The quantitative estimate of drug-likeness (QED) is 0.829. The van der Waals surface area contributed by atoms with Crippen molar-refractivity contribution in [1.82, 2.24) is 20.4 Å². The van der Waals surface area contributed by atoms with E-state index < -0.39 is 5.54 Å². The summed E-state index contributed by atoms with van der Waals surface area (Å²) in [6.45, 7) is 7.48. The molecule has 0 saturated carbocycles. The van der Waals surface area contributed by atoms with Crippen LogP contribution in [-0.2, 0) is 4.79 Å². The number of carbonyl (C=O) groups excluding carboxylic acids is 2. The fourth-order valence-electron chi connectivity index (χ4n) is 1.89. The number of thioether (sulfide) groups is 1. The van der Waals surface area contributed by atoms with E-state index in [1.165, 1.54) is 4.90 Å². The fourth-order valence-corrected chi connectivity index (χ4v) is 2.77. The van der Waals surface area contributed by atoms with Gasteiger partial charge in [0.1, 0.15) is 5.54 Å². The van der Waals surface area contributed by atoms with E-state index in [4.69, 9.17) is 4.52 Å². The first-order valence-corrected chi connectivity index (χ1v) is 7.42. The van der Waals surface area contributed by atoms with Crippen molar-refractivity contribution in [3.05, 3.63) is 11.7 Å². The van der Waals surface area contributed by atoms with Crippen LogP contribution in [0.5, 0.6) is 0 Å². The summed E-state index contributed by atoms with van der Waals surface area (Å²) >= 11 is 1.56. The predicted octanol–water partition coefficient (Wildman–Crippen LogP) is 1.50. The molecule has 3 amide bonds. The van der Waals surface area contributed by atoms with Gasteiger partial charge < -0.3 is 9.84 Å². The maximum atomic E-state index is 12.0. The Labute approximate surface area is 121 Å². The van der Waals surface area contributed by atoms with Crippen molar-refractivity contribution in [2.24, 2.45) is 0 Å². The minimum atomic E-state index is -0.809. The molecule has 20 heavy (non-hydrogen) atoms. The van der Waals surface area contributed by atoms with Crippen LogP contribution in [0, 0.1) is 6.92 Å². The number of aromatic nitrogens is 2. The van der Waals surface area contributed by atoms with E-state index in [2.05, 4.69) is 15.5 Å². The van der Waals surface area contributed by atoms with E-state index in [0.717, 1.165) is 0 Å². The van der Waals surface area contributed by atoms with Gasteiger partial charge in [0.2, 0.25) is 5.89 Å². The Hall–Kier alpha value is -1.57. The van der Waals surface area contributed by atoms with Gasteiger partial charge in [-0.15, -0.1) is 11.8 Å². The topological polar surface area (TPSA) is 88.3 Å². The second kappa shape index (κ2) is 5.43. The molecule has 0 bridgehead atoms. The van der Waals surface area contributed by atoms with E-state index >= 15 is 0 Å². The Morgan fingerprint density at radius 2 is 2.15 bits per heavy atom. The van der Waals surface area contributed by atoms with Gasteiger partial charge in [-0.3, -0.25) is 9.69 Å². The summed E-state index contributed by atoms with van der Waals surface area (Å²) in [5.74, 6) is 1.59. The SMILES string of the molecule is Cc1noc([C@H](C)SCCN2C(=O)NC(C)(C)C2=O)n1. The van der Waals surface area contributed by atoms with E-state index in [-0.39, 0.29) is 17.2 Å². The lowest BCUT2D eigenvalue weighted by molar-refractivity contribution is -0.130. The minimum Gasteiger partial charge on any atom is -0.338 e. The number of aryl methyl sites for hydroxylation is 1. The van der Waals surface area contributed by atoms with Crippen molar-refractivity contribution in [1.29, 1.82) is 0 Å². The second-order valence-electron chi connectivity index (χ2n) is 5.20. The fraction of sp³-hybridized carbons (Fsp3) is 0.667. The van der Waals surface area contributed by atoms with E-state index in [0.29, 0.717) is 24.0 Å². The summed E-state index contributed by atoms with van der Waals surface area (Å²) in [7, 11) is 0. The van der Waals surface area contributed by atoms with Gasteiger partial charge in [-0.05, 0) is 27.7 Å². The normalized spacial score (nSPS) is 19.3. The van der Waals surface area contributed by atoms with Gasteiger partial charge in [-0.25, -0.2) is 4.79 Å². The van der Waals surface area contributed by atoms with Crippen molar-refractivity contribution in [2.45, 2.75) is 38.5 Å². The molecule has 1 atom stereocenters. The van der Waals surface area contributed by atoms with E-state index in [1.54, 1.807) is 32.5 Å². The molecule has 0 aromatic carbocycles. The summed E-state index contributed by atoms with van der Waals surface area (Å²) in [4.78, 5) is 29.1. The minimum absolute atomic E-state index is 0.0324. The molecule has 0 spiro atoms. The molecule has 1 saturated heterocycles. The Morgan fingerprint density at radius 3 is 2.65 bits per heavy atom. The summed E-state index contributed by atoms with van der Waals surface area (Å²) in [6.07, 6.45) is 0. The molecule has 1 fully saturated rings. The van der Waals surface area contributed by atoms with Crippen molar-refractivity contribution in [3.63, 3.8) is 0 Å². The highest BCUT2D eigenvalue weighted by Gasteiger charge is 2.43. The molecule has 2 rings (SSSR count). The Bertz CT molecular complexity index is 529. The number of carbonyl (C=O) groups is 2. The van der Waals surface area contributed by atoms with Crippen LogP contribution in [0.4, 0.5) is 4.79 Å². The first kappa shape index (κ1) is 14.8. The lowest BCUT2D eigenvalue weighted by atomic mass is 10.1.